The Morgan fingerprint density at radius 2 is 1.88 bits per heavy atom. The maximum Gasteiger partial charge on any atom is 0.263 e. The Morgan fingerprint density at radius 1 is 1.12 bits per heavy atom. The summed E-state index contributed by atoms with van der Waals surface area (Å²) in [5.74, 6) is 1.48. The number of nitrogens with zero attached hydrogens (tertiary/aromatic N) is 4. The van der Waals surface area contributed by atoms with Crippen LogP contribution in [0.25, 0.3) is 0 Å². The molecule has 4 rings (SSSR count). The number of carbonyl (C=O) groups is 1. The van der Waals surface area contributed by atoms with E-state index in [1.807, 2.05) is 18.7 Å². The number of unbranched alkanes of at least 4 members (excludes halogenated alkanes) is 2. The number of hydrogen-bond acceptors (Lipinski definition) is 7. The van der Waals surface area contributed by atoms with E-state index in [2.05, 4.69) is 19.8 Å². The Balaban J connectivity index is 1.14. The second kappa shape index (κ2) is 10.0. The van der Waals surface area contributed by atoms with Gasteiger partial charge in [0, 0.05) is 56.8 Å². The molecule has 0 atom stereocenters. The van der Waals surface area contributed by atoms with E-state index in [1.54, 1.807) is 24.3 Å². The molecule has 1 saturated heterocycles. The molecule has 33 heavy (non-hydrogen) atoms. The third kappa shape index (κ3) is 5.44. The summed E-state index contributed by atoms with van der Waals surface area (Å²) in [5, 5.41) is 4.01. The van der Waals surface area contributed by atoms with Crippen molar-refractivity contribution >= 4 is 21.8 Å². The number of amidine groups is 1. The van der Waals surface area contributed by atoms with E-state index in [-0.39, 0.29) is 10.8 Å². The van der Waals surface area contributed by atoms with E-state index in [4.69, 9.17) is 4.52 Å². The molecular weight excluding hydrogens is 442 g/mol. The molecule has 0 saturated carbocycles. The van der Waals surface area contributed by atoms with E-state index < -0.39 is 10.0 Å². The largest absolute Gasteiger partial charge is 0.361 e. The van der Waals surface area contributed by atoms with Gasteiger partial charge in [0.1, 0.15) is 11.6 Å². The van der Waals surface area contributed by atoms with Crippen LogP contribution in [0.2, 0.25) is 0 Å². The van der Waals surface area contributed by atoms with Crippen molar-refractivity contribution in [3.05, 3.63) is 46.8 Å². The predicted octanol–water partition coefficient (Wildman–Crippen LogP) is 2.23. The van der Waals surface area contributed by atoms with Crippen molar-refractivity contribution in [2.45, 2.75) is 51.0 Å². The van der Waals surface area contributed by atoms with Crippen LogP contribution in [0.15, 0.2) is 38.7 Å². The van der Waals surface area contributed by atoms with Crippen molar-refractivity contribution in [3.63, 3.8) is 0 Å². The van der Waals surface area contributed by atoms with Gasteiger partial charge in [0.05, 0.1) is 10.6 Å². The van der Waals surface area contributed by atoms with Crippen LogP contribution in [-0.4, -0.2) is 67.8 Å². The molecule has 2 aliphatic rings. The predicted molar refractivity (Wildman–Crippen MR) is 124 cm³/mol. The SMILES string of the molecule is Cc1noc(C)c1CN1CCN(C(=O)CCCCCN=C2NS(=O)(=O)c3ccccc32)CC1. The molecule has 2 aliphatic heterocycles. The summed E-state index contributed by atoms with van der Waals surface area (Å²) in [6, 6.07) is 6.86. The number of sulfonamides is 1. The molecule has 0 aliphatic carbocycles. The molecule has 0 radical (unpaired) electrons. The normalized spacial score (nSPS) is 19.0. The lowest BCUT2D eigenvalue weighted by Crippen LogP contribution is -2.48. The minimum Gasteiger partial charge on any atom is -0.361 e. The van der Waals surface area contributed by atoms with Crippen LogP contribution in [0.1, 0.15) is 48.3 Å². The second-order valence-corrected chi connectivity index (χ2v) is 10.3. The van der Waals surface area contributed by atoms with Crippen molar-refractivity contribution in [3.8, 4) is 0 Å². The van der Waals surface area contributed by atoms with E-state index in [0.717, 1.165) is 69.0 Å². The summed E-state index contributed by atoms with van der Waals surface area (Å²) in [6.45, 7) is 8.43. The van der Waals surface area contributed by atoms with Gasteiger partial charge in [-0.3, -0.25) is 19.4 Å². The first-order valence-corrected chi connectivity index (χ1v) is 12.9. The quantitative estimate of drug-likeness (QED) is 0.589. The number of aliphatic imine (C=N–C) groups is 1. The summed E-state index contributed by atoms with van der Waals surface area (Å²) < 4.78 is 32.0. The number of aryl methyl sites for hydroxylation is 2. The van der Waals surface area contributed by atoms with Crippen molar-refractivity contribution in [2.75, 3.05) is 32.7 Å². The number of carbonyl (C=O) groups excluding carboxylic acids is 1. The zero-order valence-corrected chi connectivity index (χ0v) is 20.0. The lowest BCUT2D eigenvalue weighted by molar-refractivity contribution is -0.133. The van der Waals surface area contributed by atoms with E-state index >= 15 is 0 Å². The first-order chi connectivity index (χ1) is 15.8. The van der Waals surface area contributed by atoms with E-state index in [0.29, 0.717) is 24.4 Å². The number of hydrogen-bond donors (Lipinski definition) is 1. The van der Waals surface area contributed by atoms with Crippen LogP contribution < -0.4 is 4.72 Å². The molecule has 1 aromatic carbocycles. The van der Waals surface area contributed by atoms with Crippen molar-refractivity contribution in [1.29, 1.82) is 0 Å². The Labute approximate surface area is 194 Å². The van der Waals surface area contributed by atoms with Crippen LogP contribution in [0.5, 0.6) is 0 Å². The molecule has 3 heterocycles. The highest BCUT2D eigenvalue weighted by molar-refractivity contribution is 7.90. The highest BCUT2D eigenvalue weighted by atomic mass is 32.2. The third-order valence-electron chi connectivity index (χ3n) is 6.27. The molecule has 1 aromatic heterocycles. The molecule has 1 amide bonds. The molecule has 10 heteroatoms. The molecule has 1 fully saturated rings. The molecule has 2 aromatic rings. The standard InChI is InChI=1S/C23H31N5O4S/c1-17-20(18(2)32-25-17)16-27-12-14-28(15-13-27)22(29)10-4-3-7-11-24-23-19-8-5-6-9-21(19)33(30,31)26-23/h5-6,8-9H,3-4,7,10-16H2,1-2H3,(H,24,26). The highest BCUT2D eigenvalue weighted by Crippen LogP contribution is 2.22. The van der Waals surface area contributed by atoms with Gasteiger partial charge in [0.15, 0.2) is 0 Å². The summed E-state index contributed by atoms with van der Waals surface area (Å²) >= 11 is 0. The van der Waals surface area contributed by atoms with E-state index in [1.165, 1.54) is 0 Å². The van der Waals surface area contributed by atoms with E-state index in [9.17, 15) is 13.2 Å². The Morgan fingerprint density at radius 3 is 2.61 bits per heavy atom. The molecule has 1 N–H and O–H groups in total. The maximum absolute atomic E-state index is 12.6. The molecule has 178 valence electrons. The lowest BCUT2D eigenvalue weighted by Gasteiger charge is -2.34. The molecular formula is C23H31N5O4S. The Hall–Kier alpha value is -2.72. The third-order valence-corrected chi connectivity index (χ3v) is 7.67. The van der Waals surface area contributed by atoms with Gasteiger partial charge >= 0.3 is 0 Å². The number of piperazine rings is 1. The minimum atomic E-state index is -3.49. The zero-order chi connectivity index (χ0) is 23.4. The minimum absolute atomic E-state index is 0.204. The van der Waals surface area contributed by atoms with Gasteiger partial charge in [-0.2, -0.15) is 0 Å². The van der Waals surface area contributed by atoms with Gasteiger partial charge < -0.3 is 9.42 Å². The fraction of sp³-hybridized carbons (Fsp3) is 0.522. The van der Waals surface area contributed by atoms with Crippen molar-refractivity contribution in [2.24, 2.45) is 4.99 Å². The fourth-order valence-electron chi connectivity index (χ4n) is 4.27. The average molecular weight is 474 g/mol. The summed E-state index contributed by atoms with van der Waals surface area (Å²) in [7, 11) is -3.49. The van der Waals surface area contributed by atoms with Crippen LogP contribution in [-0.2, 0) is 21.4 Å². The fourth-order valence-corrected chi connectivity index (χ4v) is 5.52. The van der Waals surface area contributed by atoms with Crippen LogP contribution in [0.3, 0.4) is 0 Å². The smallest absolute Gasteiger partial charge is 0.263 e. The summed E-state index contributed by atoms with van der Waals surface area (Å²) in [4.78, 5) is 21.6. The Kier molecular flexibility index (Phi) is 7.14. The number of benzene rings is 1. The first kappa shape index (κ1) is 23.4. The number of amides is 1. The number of rotatable bonds is 8. The molecule has 0 unspecified atom stereocenters. The number of aromatic nitrogens is 1. The second-order valence-electron chi connectivity index (χ2n) is 8.60. The molecule has 9 nitrogen and oxygen atoms in total. The van der Waals surface area contributed by atoms with Gasteiger partial charge in [-0.15, -0.1) is 0 Å². The number of fused-ring (bicyclic) bond motifs is 1. The van der Waals surface area contributed by atoms with Gasteiger partial charge in [0.2, 0.25) is 5.91 Å². The highest BCUT2D eigenvalue weighted by Gasteiger charge is 2.30. The number of nitrogens with one attached hydrogen (secondary N) is 1. The lowest BCUT2D eigenvalue weighted by atomic mass is 10.1. The van der Waals surface area contributed by atoms with Crippen LogP contribution in [0.4, 0.5) is 0 Å². The van der Waals surface area contributed by atoms with Gasteiger partial charge in [-0.1, -0.05) is 23.7 Å². The average Bonchev–Trinajstić information content (AvgIpc) is 3.26. The van der Waals surface area contributed by atoms with Crippen molar-refractivity contribution < 1.29 is 17.7 Å². The van der Waals surface area contributed by atoms with Crippen molar-refractivity contribution in [1.82, 2.24) is 19.7 Å². The zero-order valence-electron chi connectivity index (χ0n) is 19.2. The van der Waals surface area contributed by atoms with Crippen LogP contribution >= 0.6 is 0 Å². The summed E-state index contributed by atoms with van der Waals surface area (Å²) in [6.07, 6.45) is 3.04. The van der Waals surface area contributed by atoms with Crippen LogP contribution in [0, 0.1) is 13.8 Å². The van der Waals surface area contributed by atoms with Gasteiger partial charge in [-0.05, 0) is 38.8 Å². The monoisotopic (exact) mass is 473 g/mol. The molecule has 0 spiro atoms. The molecule has 0 bridgehead atoms. The Bertz CT molecular complexity index is 1110. The van der Waals surface area contributed by atoms with Gasteiger partial charge in [0.25, 0.3) is 10.0 Å². The van der Waals surface area contributed by atoms with Gasteiger partial charge in [-0.25, -0.2) is 8.42 Å². The summed E-state index contributed by atoms with van der Waals surface area (Å²) in [5.41, 5.74) is 2.71. The maximum atomic E-state index is 12.6. The topological polar surface area (TPSA) is 108 Å². The first-order valence-electron chi connectivity index (χ1n) is 11.4.